The third-order valence-corrected chi connectivity index (χ3v) is 1.89. The molecule has 1 rings (SSSR count). The second-order valence-corrected chi connectivity index (χ2v) is 3.96. The van der Waals surface area contributed by atoms with Crippen LogP contribution in [0.25, 0.3) is 0 Å². The van der Waals surface area contributed by atoms with Crippen molar-refractivity contribution in [3.05, 3.63) is 17.5 Å². The molecule has 0 aromatic carbocycles. The van der Waals surface area contributed by atoms with Crippen molar-refractivity contribution in [3.8, 4) is 6.01 Å². The van der Waals surface area contributed by atoms with Gasteiger partial charge in [0, 0.05) is 11.4 Å². The van der Waals surface area contributed by atoms with E-state index in [4.69, 9.17) is 4.74 Å². The van der Waals surface area contributed by atoms with Gasteiger partial charge in [-0.2, -0.15) is 0 Å². The van der Waals surface area contributed by atoms with E-state index in [0.717, 1.165) is 17.8 Å². The molecule has 0 aliphatic heterocycles. The first-order valence-corrected chi connectivity index (χ1v) is 5.03. The van der Waals surface area contributed by atoms with Crippen LogP contribution in [0.15, 0.2) is 6.07 Å². The molecule has 78 valence electrons. The van der Waals surface area contributed by atoms with E-state index in [1.165, 1.54) is 0 Å². The number of ether oxygens (including phenoxy) is 1. The standard InChI is InChI=1S/C11H18N2O/c1-8(2)5-6-14-11-12-9(3)7-10(4)13-11/h7-8H,5-6H2,1-4H3. The maximum absolute atomic E-state index is 5.46. The Hall–Kier alpha value is -1.12. The number of aromatic nitrogens is 2. The van der Waals surface area contributed by atoms with Crippen molar-refractivity contribution in [2.75, 3.05) is 6.61 Å². The number of hydrogen-bond acceptors (Lipinski definition) is 3. The van der Waals surface area contributed by atoms with Crippen LogP contribution in [0, 0.1) is 19.8 Å². The van der Waals surface area contributed by atoms with Gasteiger partial charge in [0.05, 0.1) is 6.61 Å². The minimum absolute atomic E-state index is 0.503. The molecular weight excluding hydrogens is 176 g/mol. The van der Waals surface area contributed by atoms with Crippen LogP contribution in [0.5, 0.6) is 6.01 Å². The van der Waals surface area contributed by atoms with Crippen molar-refractivity contribution in [2.45, 2.75) is 34.1 Å². The lowest BCUT2D eigenvalue weighted by Crippen LogP contribution is -2.05. The minimum Gasteiger partial charge on any atom is -0.463 e. The van der Waals surface area contributed by atoms with Crippen LogP contribution >= 0.6 is 0 Å². The van der Waals surface area contributed by atoms with Crippen LogP contribution in [0.4, 0.5) is 0 Å². The molecule has 0 amide bonds. The molecular formula is C11H18N2O. The molecule has 3 nitrogen and oxygen atoms in total. The summed E-state index contributed by atoms with van der Waals surface area (Å²) in [6, 6.07) is 2.44. The maximum Gasteiger partial charge on any atom is 0.316 e. The average Bonchev–Trinajstić information content (AvgIpc) is 2.01. The molecule has 0 saturated heterocycles. The Kier molecular flexibility index (Phi) is 3.86. The summed E-state index contributed by atoms with van der Waals surface area (Å²) in [5.41, 5.74) is 1.91. The Morgan fingerprint density at radius 2 is 1.79 bits per heavy atom. The van der Waals surface area contributed by atoms with Crippen molar-refractivity contribution >= 4 is 0 Å². The van der Waals surface area contributed by atoms with E-state index in [-0.39, 0.29) is 0 Å². The highest BCUT2D eigenvalue weighted by atomic mass is 16.5. The summed E-state index contributed by atoms with van der Waals surface area (Å²) in [6.07, 6.45) is 1.04. The highest BCUT2D eigenvalue weighted by Gasteiger charge is 2.01. The van der Waals surface area contributed by atoms with Gasteiger partial charge in [0.15, 0.2) is 0 Å². The van der Waals surface area contributed by atoms with Gasteiger partial charge in [0.2, 0.25) is 0 Å². The Bertz CT molecular complexity index is 277. The summed E-state index contributed by atoms with van der Waals surface area (Å²) in [6.45, 7) is 8.94. The minimum atomic E-state index is 0.503. The second kappa shape index (κ2) is 4.94. The van der Waals surface area contributed by atoms with Crippen LogP contribution in [-0.2, 0) is 0 Å². The fourth-order valence-corrected chi connectivity index (χ4v) is 1.14. The summed E-state index contributed by atoms with van der Waals surface area (Å²) in [5, 5.41) is 0. The topological polar surface area (TPSA) is 35.0 Å². The summed E-state index contributed by atoms with van der Waals surface area (Å²) >= 11 is 0. The summed E-state index contributed by atoms with van der Waals surface area (Å²) < 4.78 is 5.46. The Balaban J connectivity index is 2.50. The highest BCUT2D eigenvalue weighted by molar-refractivity contribution is 5.10. The summed E-state index contributed by atoms with van der Waals surface area (Å²) in [7, 11) is 0. The zero-order valence-electron chi connectivity index (χ0n) is 9.37. The monoisotopic (exact) mass is 194 g/mol. The zero-order chi connectivity index (χ0) is 10.6. The summed E-state index contributed by atoms with van der Waals surface area (Å²) in [4.78, 5) is 8.40. The molecule has 0 aliphatic carbocycles. The largest absolute Gasteiger partial charge is 0.463 e. The average molecular weight is 194 g/mol. The number of rotatable bonds is 4. The molecule has 1 aromatic heterocycles. The van der Waals surface area contributed by atoms with Gasteiger partial charge in [-0.25, -0.2) is 9.97 Å². The fraction of sp³-hybridized carbons (Fsp3) is 0.636. The second-order valence-electron chi connectivity index (χ2n) is 3.96. The SMILES string of the molecule is Cc1cc(C)nc(OCCC(C)C)n1. The lowest BCUT2D eigenvalue weighted by molar-refractivity contribution is 0.267. The van der Waals surface area contributed by atoms with Crippen molar-refractivity contribution in [3.63, 3.8) is 0 Å². The molecule has 0 N–H and O–H groups in total. The predicted molar refractivity (Wildman–Crippen MR) is 56.5 cm³/mol. The van der Waals surface area contributed by atoms with E-state index < -0.39 is 0 Å². The Morgan fingerprint density at radius 1 is 1.21 bits per heavy atom. The van der Waals surface area contributed by atoms with E-state index >= 15 is 0 Å². The molecule has 0 atom stereocenters. The van der Waals surface area contributed by atoms with E-state index in [9.17, 15) is 0 Å². The third-order valence-electron chi connectivity index (χ3n) is 1.89. The van der Waals surface area contributed by atoms with Gasteiger partial charge in [0.1, 0.15) is 0 Å². The molecule has 0 aliphatic rings. The number of hydrogen-bond donors (Lipinski definition) is 0. The van der Waals surface area contributed by atoms with Crippen molar-refractivity contribution in [1.82, 2.24) is 9.97 Å². The van der Waals surface area contributed by atoms with Gasteiger partial charge in [-0.05, 0) is 32.3 Å². The fourth-order valence-electron chi connectivity index (χ4n) is 1.14. The molecule has 1 aromatic rings. The van der Waals surface area contributed by atoms with Crippen LogP contribution in [0.1, 0.15) is 31.7 Å². The Labute approximate surface area is 85.5 Å². The molecule has 3 heteroatoms. The van der Waals surface area contributed by atoms with Gasteiger partial charge in [-0.1, -0.05) is 13.8 Å². The van der Waals surface area contributed by atoms with Crippen LogP contribution in [-0.4, -0.2) is 16.6 Å². The van der Waals surface area contributed by atoms with E-state index in [1.54, 1.807) is 0 Å². The first kappa shape index (κ1) is 11.0. The molecule has 0 unspecified atom stereocenters. The van der Waals surface area contributed by atoms with Crippen molar-refractivity contribution in [1.29, 1.82) is 0 Å². The third kappa shape index (κ3) is 3.73. The predicted octanol–water partition coefficient (Wildman–Crippen LogP) is 2.52. The molecule has 14 heavy (non-hydrogen) atoms. The van der Waals surface area contributed by atoms with E-state index in [2.05, 4.69) is 23.8 Å². The van der Waals surface area contributed by atoms with Gasteiger partial charge >= 0.3 is 6.01 Å². The summed E-state index contributed by atoms with van der Waals surface area (Å²) in [5.74, 6) is 0.654. The lowest BCUT2D eigenvalue weighted by atomic mass is 10.1. The number of nitrogens with zero attached hydrogens (tertiary/aromatic N) is 2. The van der Waals surface area contributed by atoms with Gasteiger partial charge < -0.3 is 4.74 Å². The molecule has 0 spiro atoms. The highest BCUT2D eigenvalue weighted by Crippen LogP contribution is 2.07. The smallest absolute Gasteiger partial charge is 0.316 e. The first-order valence-electron chi connectivity index (χ1n) is 5.03. The molecule has 1 heterocycles. The maximum atomic E-state index is 5.46. The number of aryl methyl sites for hydroxylation is 2. The Morgan fingerprint density at radius 3 is 2.29 bits per heavy atom. The van der Waals surface area contributed by atoms with E-state index in [1.807, 2.05) is 19.9 Å². The van der Waals surface area contributed by atoms with Gasteiger partial charge in [0.25, 0.3) is 0 Å². The van der Waals surface area contributed by atoms with Crippen molar-refractivity contribution < 1.29 is 4.74 Å². The first-order chi connectivity index (χ1) is 6.58. The van der Waals surface area contributed by atoms with Crippen molar-refractivity contribution in [2.24, 2.45) is 5.92 Å². The molecule has 0 radical (unpaired) electrons. The molecule has 0 saturated carbocycles. The lowest BCUT2D eigenvalue weighted by Gasteiger charge is -2.07. The van der Waals surface area contributed by atoms with Crippen LogP contribution in [0.3, 0.4) is 0 Å². The molecule has 0 fully saturated rings. The van der Waals surface area contributed by atoms with Gasteiger partial charge in [-0.15, -0.1) is 0 Å². The molecule has 0 bridgehead atoms. The van der Waals surface area contributed by atoms with E-state index in [0.29, 0.717) is 18.5 Å². The zero-order valence-corrected chi connectivity index (χ0v) is 9.37. The van der Waals surface area contributed by atoms with Crippen LogP contribution < -0.4 is 4.74 Å². The van der Waals surface area contributed by atoms with Gasteiger partial charge in [-0.3, -0.25) is 0 Å². The van der Waals surface area contributed by atoms with Crippen LogP contribution in [0.2, 0.25) is 0 Å². The normalized spacial score (nSPS) is 10.6. The quantitative estimate of drug-likeness (QED) is 0.738.